The van der Waals surface area contributed by atoms with Crippen LogP contribution in [0.5, 0.6) is 0 Å². The summed E-state index contributed by atoms with van der Waals surface area (Å²) in [5, 5.41) is 0. The number of aromatic nitrogens is 1. The normalized spacial score (nSPS) is 15.8. The van der Waals surface area contributed by atoms with Crippen LogP contribution in [0.2, 0.25) is 0 Å². The predicted molar refractivity (Wildman–Crippen MR) is 123 cm³/mol. The second-order valence-corrected chi connectivity index (χ2v) is 11.9. The van der Waals surface area contributed by atoms with Crippen LogP contribution in [-0.4, -0.2) is 52.0 Å². The average molecular weight is 498 g/mol. The van der Waals surface area contributed by atoms with E-state index >= 15 is 0 Å². The van der Waals surface area contributed by atoms with Crippen LogP contribution in [0.1, 0.15) is 13.3 Å². The van der Waals surface area contributed by atoms with Gasteiger partial charge in [-0.05, 0) is 48.9 Å². The lowest BCUT2D eigenvalue weighted by atomic mass is 10.3. The van der Waals surface area contributed by atoms with E-state index in [-0.39, 0.29) is 33.4 Å². The number of aryl methyl sites for hydroxylation is 1. The molecule has 1 aliphatic rings. The van der Waals surface area contributed by atoms with Crippen LogP contribution in [-0.2, 0) is 31.3 Å². The van der Waals surface area contributed by atoms with E-state index < -0.39 is 20.0 Å². The Labute approximate surface area is 190 Å². The highest BCUT2D eigenvalue weighted by molar-refractivity contribution is 7.92. The molecule has 0 bridgehead atoms. The Morgan fingerprint density at radius 1 is 1.00 bits per heavy atom. The van der Waals surface area contributed by atoms with Gasteiger partial charge >= 0.3 is 4.87 Å². The first-order valence-corrected chi connectivity index (χ1v) is 13.8. The molecule has 0 amide bonds. The molecule has 2 aromatic carbocycles. The molecule has 4 rings (SSSR count). The van der Waals surface area contributed by atoms with Crippen molar-refractivity contribution in [1.29, 1.82) is 0 Å². The number of nitrogens with one attached hydrogen (secondary N) is 1. The van der Waals surface area contributed by atoms with Gasteiger partial charge in [-0.3, -0.25) is 14.1 Å². The second-order valence-electron chi connectivity index (χ2n) is 7.30. The molecule has 0 spiro atoms. The highest BCUT2D eigenvalue weighted by Crippen LogP contribution is 2.25. The van der Waals surface area contributed by atoms with Gasteiger partial charge in [-0.15, -0.1) is 0 Å². The molecule has 0 radical (unpaired) electrons. The minimum absolute atomic E-state index is 0.0277. The first-order chi connectivity index (χ1) is 15.2. The lowest BCUT2D eigenvalue weighted by molar-refractivity contribution is 0.0730. The minimum Gasteiger partial charge on any atom is -0.379 e. The number of fused-ring (bicyclic) bond motifs is 1. The molecule has 0 saturated carbocycles. The summed E-state index contributed by atoms with van der Waals surface area (Å²) in [5.74, 6) is 0. The molecule has 12 heteroatoms. The van der Waals surface area contributed by atoms with Gasteiger partial charge in [0, 0.05) is 25.3 Å². The lowest BCUT2D eigenvalue weighted by Gasteiger charge is -2.26. The number of hydrogen-bond donors (Lipinski definition) is 1. The van der Waals surface area contributed by atoms with Crippen LogP contribution in [0.25, 0.3) is 10.2 Å². The van der Waals surface area contributed by atoms with E-state index in [2.05, 4.69) is 4.72 Å². The van der Waals surface area contributed by atoms with Gasteiger partial charge < -0.3 is 4.74 Å². The van der Waals surface area contributed by atoms with Crippen molar-refractivity contribution in [3.8, 4) is 0 Å². The fraction of sp³-hybridized carbons (Fsp3) is 0.350. The Morgan fingerprint density at radius 3 is 2.31 bits per heavy atom. The van der Waals surface area contributed by atoms with E-state index in [0.717, 1.165) is 17.8 Å². The first kappa shape index (κ1) is 22.9. The summed E-state index contributed by atoms with van der Waals surface area (Å²) in [5.41, 5.74) is 0.946. The zero-order chi connectivity index (χ0) is 22.9. The number of hydrogen-bond acceptors (Lipinski definition) is 7. The SMILES string of the molecule is CCCn1c(=O)sc2cc(S(=O)(=O)Nc3ccc(S(=O)(=O)N4CCOCC4)cc3)ccc21. The monoisotopic (exact) mass is 497 g/mol. The fourth-order valence-electron chi connectivity index (χ4n) is 3.49. The summed E-state index contributed by atoms with van der Waals surface area (Å²) >= 11 is 1.01. The Kier molecular flexibility index (Phi) is 6.41. The van der Waals surface area contributed by atoms with Gasteiger partial charge in [0.25, 0.3) is 10.0 Å². The van der Waals surface area contributed by atoms with Gasteiger partial charge in [-0.25, -0.2) is 16.8 Å². The van der Waals surface area contributed by atoms with Gasteiger partial charge in [0.1, 0.15) is 0 Å². The molecule has 0 aliphatic carbocycles. The average Bonchev–Trinajstić information content (AvgIpc) is 3.09. The summed E-state index contributed by atoms with van der Waals surface area (Å²) in [7, 11) is -7.58. The molecule has 1 fully saturated rings. The lowest BCUT2D eigenvalue weighted by Crippen LogP contribution is -2.40. The number of rotatable bonds is 7. The van der Waals surface area contributed by atoms with Crippen molar-refractivity contribution in [3.05, 3.63) is 52.1 Å². The Morgan fingerprint density at radius 2 is 1.66 bits per heavy atom. The van der Waals surface area contributed by atoms with Crippen molar-refractivity contribution in [2.24, 2.45) is 0 Å². The minimum atomic E-state index is -3.92. The van der Waals surface area contributed by atoms with Crippen molar-refractivity contribution < 1.29 is 21.6 Å². The van der Waals surface area contributed by atoms with E-state index in [1.165, 1.54) is 40.7 Å². The highest BCUT2D eigenvalue weighted by Gasteiger charge is 2.26. The smallest absolute Gasteiger partial charge is 0.308 e. The van der Waals surface area contributed by atoms with Crippen LogP contribution in [0, 0.1) is 0 Å². The molecule has 2 heterocycles. The maximum absolute atomic E-state index is 12.9. The fourth-order valence-corrected chi connectivity index (χ4v) is 7.02. The number of anilines is 1. The summed E-state index contributed by atoms with van der Waals surface area (Å²) < 4.78 is 62.4. The van der Waals surface area contributed by atoms with E-state index in [1.807, 2.05) is 6.92 Å². The molecule has 3 aromatic rings. The Bertz CT molecular complexity index is 1390. The number of morpholine rings is 1. The van der Waals surface area contributed by atoms with Crippen LogP contribution in [0.15, 0.2) is 57.1 Å². The third-order valence-corrected chi connectivity index (χ3v) is 9.35. The van der Waals surface area contributed by atoms with Gasteiger partial charge in [0.2, 0.25) is 10.0 Å². The van der Waals surface area contributed by atoms with Crippen molar-refractivity contribution in [3.63, 3.8) is 0 Å². The molecule has 1 aromatic heterocycles. The van der Waals surface area contributed by atoms with Gasteiger partial charge in [-0.2, -0.15) is 4.31 Å². The molecule has 1 saturated heterocycles. The van der Waals surface area contributed by atoms with Gasteiger partial charge in [0.15, 0.2) is 0 Å². The largest absolute Gasteiger partial charge is 0.379 e. The predicted octanol–water partition coefficient (Wildman–Crippen LogP) is 2.29. The van der Waals surface area contributed by atoms with Crippen molar-refractivity contribution in [2.45, 2.75) is 29.7 Å². The quantitative estimate of drug-likeness (QED) is 0.536. The number of nitrogens with zero attached hydrogens (tertiary/aromatic N) is 2. The molecule has 9 nitrogen and oxygen atoms in total. The summed E-state index contributed by atoms with van der Waals surface area (Å²) in [6, 6.07) is 10.2. The second kappa shape index (κ2) is 8.94. The van der Waals surface area contributed by atoms with Crippen molar-refractivity contribution in [2.75, 3.05) is 31.0 Å². The summed E-state index contributed by atoms with van der Waals surface area (Å²) in [6.07, 6.45) is 0.796. The number of ether oxygens (including phenoxy) is 1. The van der Waals surface area contributed by atoms with E-state index in [1.54, 1.807) is 10.6 Å². The van der Waals surface area contributed by atoms with E-state index in [0.29, 0.717) is 30.0 Å². The van der Waals surface area contributed by atoms with Gasteiger partial charge in [-0.1, -0.05) is 18.3 Å². The van der Waals surface area contributed by atoms with Crippen LogP contribution < -0.4 is 9.60 Å². The molecule has 0 unspecified atom stereocenters. The molecular weight excluding hydrogens is 474 g/mol. The van der Waals surface area contributed by atoms with Crippen molar-refractivity contribution in [1.82, 2.24) is 8.87 Å². The topological polar surface area (TPSA) is 115 Å². The van der Waals surface area contributed by atoms with Crippen LogP contribution in [0.4, 0.5) is 5.69 Å². The summed E-state index contributed by atoms with van der Waals surface area (Å²) in [4.78, 5) is 12.2. The molecular formula is C20H23N3O6S3. The zero-order valence-electron chi connectivity index (χ0n) is 17.4. The molecule has 1 N–H and O–H groups in total. The Balaban J connectivity index is 1.56. The van der Waals surface area contributed by atoms with Crippen LogP contribution >= 0.6 is 11.3 Å². The first-order valence-electron chi connectivity index (χ1n) is 10.1. The Hall–Kier alpha value is -2.25. The third-order valence-electron chi connectivity index (χ3n) is 5.11. The van der Waals surface area contributed by atoms with Gasteiger partial charge in [0.05, 0.1) is 33.2 Å². The molecule has 32 heavy (non-hydrogen) atoms. The molecule has 172 valence electrons. The standard InChI is InChI=1S/C20H23N3O6S3/c1-2-9-23-18-8-7-17(14-19(18)30-20(23)24)31(25,26)21-15-3-5-16(6-4-15)32(27,28)22-10-12-29-13-11-22/h3-8,14,21H,2,9-13H2,1H3. The van der Waals surface area contributed by atoms with Crippen molar-refractivity contribution >= 4 is 47.3 Å². The third kappa shape index (κ3) is 4.46. The number of benzene rings is 2. The maximum atomic E-state index is 12.9. The van der Waals surface area contributed by atoms with E-state index in [4.69, 9.17) is 4.74 Å². The van der Waals surface area contributed by atoms with Crippen LogP contribution in [0.3, 0.4) is 0 Å². The van der Waals surface area contributed by atoms with E-state index in [9.17, 15) is 21.6 Å². The molecule has 1 aliphatic heterocycles. The molecule has 0 atom stereocenters. The summed E-state index contributed by atoms with van der Waals surface area (Å²) in [6.45, 7) is 3.80. The number of sulfonamides is 2. The zero-order valence-corrected chi connectivity index (χ0v) is 19.8. The number of thiazole rings is 1. The highest BCUT2D eigenvalue weighted by atomic mass is 32.2. The maximum Gasteiger partial charge on any atom is 0.308 e.